The van der Waals surface area contributed by atoms with Crippen LogP contribution in [0, 0.1) is 0 Å². The molecule has 3 heteroatoms. The van der Waals surface area contributed by atoms with Crippen LogP contribution in [0.1, 0.15) is 41.5 Å². The van der Waals surface area contributed by atoms with Crippen LogP contribution in [-0.4, -0.2) is 4.98 Å². The van der Waals surface area contributed by atoms with Gasteiger partial charge >= 0.3 is 0 Å². The molecule has 7 aromatic rings. The molecule has 240 valence electrons. The molecule has 0 amide bonds. The summed E-state index contributed by atoms with van der Waals surface area (Å²) in [5, 5.41) is 2.23. The number of pyridine rings is 1. The maximum atomic E-state index is 6.57. The van der Waals surface area contributed by atoms with Crippen molar-refractivity contribution < 1.29 is 4.42 Å². The van der Waals surface area contributed by atoms with E-state index >= 15 is 0 Å². The van der Waals surface area contributed by atoms with Crippen molar-refractivity contribution in [3.05, 3.63) is 199 Å². The molecule has 3 nitrogen and oxygen atoms in total. The Labute approximate surface area is 292 Å². The average Bonchev–Trinajstić information content (AvgIpc) is 3.59. The van der Waals surface area contributed by atoms with Gasteiger partial charge in [-0.2, -0.15) is 0 Å². The number of nitrogens with zero attached hydrogens (tertiary/aromatic N) is 2. The smallest absolute Gasteiger partial charge is 0.159 e. The second-order valence-electron chi connectivity index (χ2n) is 13.1. The van der Waals surface area contributed by atoms with E-state index in [1.165, 1.54) is 27.8 Å². The van der Waals surface area contributed by atoms with Crippen molar-refractivity contribution in [1.82, 2.24) is 4.98 Å². The van der Waals surface area contributed by atoms with Crippen molar-refractivity contribution in [2.75, 3.05) is 4.90 Å². The number of fused-ring (bicyclic) bond motifs is 3. The fraction of sp³-hybridized carbons (Fsp3) is 0.0851. The molecular formula is C47H36N2O. The number of anilines is 3. The minimum atomic E-state index is 0.272. The van der Waals surface area contributed by atoms with Crippen molar-refractivity contribution in [2.24, 2.45) is 0 Å². The van der Waals surface area contributed by atoms with Gasteiger partial charge in [0.15, 0.2) is 5.58 Å². The van der Waals surface area contributed by atoms with Gasteiger partial charge in [0.05, 0.1) is 5.69 Å². The lowest BCUT2D eigenvalue weighted by molar-refractivity contribution is 0.669. The standard InChI is InChI=1S/C47H36N2O/c1-2-11-33(12-3-1)36-13-8-14-37(31-36)34-22-26-40(27-23-34)49(45-20-10-18-43-42-17-4-5-21-46(42)50-47(43)45)41-28-24-35(25-29-41)38-15-9-16-39(32-38)44-19-6-7-30-48-44/h1-11,13-15,17-33,39H,12,16H2. The highest BCUT2D eigenvalue weighted by atomic mass is 16.3. The van der Waals surface area contributed by atoms with Gasteiger partial charge in [0, 0.05) is 45.9 Å². The lowest BCUT2D eigenvalue weighted by Crippen LogP contribution is -2.10. The number of para-hydroxylation sites is 2. The number of aromatic nitrogens is 1. The minimum absolute atomic E-state index is 0.272. The molecule has 2 aromatic heterocycles. The van der Waals surface area contributed by atoms with Crippen LogP contribution >= 0.6 is 0 Å². The van der Waals surface area contributed by atoms with E-state index in [2.05, 4.69) is 168 Å². The first-order valence-corrected chi connectivity index (χ1v) is 17.4. The van der Waals surface area contributed by atoms with E-state index in [9.17, 15) is 0 Å². The van der Waals surface area contributed by atoms with Crippen LogP contribution in [-0.2, 0) is 0 Å². The van der Waals surface area contributed by atoms with Gasteiger partial charge in [-0.1, -0.05) is 127 Å². The number of furan rings is 1. The van der Waals surface area contributed by atoms with Crippen molar-refractivity contribution in [2.45, 2.75) is 24.7 Å². The van der Waals surface area contributed by atoms with Gasteiger partial charge in [-0.15, -0.1) is 0 Å². The summed E-state index contributed by atoms with van der Waals surface area (Å²) < 4.78 is 6.57. The van der Waals surface area contributed by atoms with Gasteiger partial charge in [0.1, 0.15) is 5.58 Å². The van der Waals surface area contributed by atoms with Crippen LogP contribution in [0.3, 0.4) is 0 Å². The predicted molar refractivity (Wildman–Crippen MR) is 208 cm³/mol. The predicted octanol–water partition coefficient (Wildman–Crippen LogP) is 12.8. The maximum Gasteiger partial charge on any atom is 0.159 e. The van der Waals surface area contributed by atoms with Gasteiger partial charge in [0.2, 0.25) is 0 Å². The van der Waals surface area contributed by atoms with E-state index in [1.807, 2.05) is 24.4 Å². The van der Waals surface area contributed by atoms with Gasteiger partial charge < -0.3 is 9.32 Å². The summed E-state index contributed by atoms with van der Waals surface area (Å²) >= 11 is 0. The zero-order valence-corrected chi connectivity index (χ0v) is 27.7. The van der Waals surface area contributed by atoms with E-state index in [1.54, 1.807) is 0 Å². The molecule has 0 fully saturated rings. The Bertz CT molecular complexity index is 2430. The van der Waals surface area contributed by atoms with Crippen molar-refractivity contribution in [1.29, 1.82) is 0 Å². The van der Waals surface area contributed by atoms with E-state index in [-0.39, 0.29) is 5.92 Å². The molecule has 2 atom stereocenters. The van der Waals surface area contributed by atoms with Gasteiger partial charge in [0.25, 0.3) is 0 Å². The Morgan fingerprint density at radius 1 is 0.600 bits per heavy atom. The van der Waals surface area contributed by atoms with E-state index < -0.39 is 0 Å². The van der Waals surface area contributed by atoms with E-state index in [0.29, 0.717) is 5.92 Å². The van der Waals surface area contributed by atoms with Crippen molar-refractivity contribution >= 4 is 44.6 Å². The molecule has 9 rings (SSSR count). The molecule has 0 saturated carbocycles. The quantitative estimate of drug-likeness (QED) is 0.173. The lowest BCUT2D eigenvalue weighted by atomic mass is 9.90. The Balaban J connectivity index is 1.10. The first kappa shape index (κ1) is 29.9. The molecule has 2 aliphatic rings. The van der Waals surface area contributed by atoms with Crippen LogP contribution in [0.4, 0.5) is 17.1 Å². The van der Waals surface area contributed by atoms with Gasteiger partial charge in [-0.25, -0.2) is 0 Å². The summed E-state index contributed by atoms with van der Waals surface area (Å²) in [4.78, 5) is 6.94. The summed E-state index contributed by atoms with van der Waals surface area (Å²) in [7, 11) is 0. The summed E-state index contributed by atoms with van der Waals surface area (Å²) in [5.74, 6) is 0.691. The number of allylic oxidation sites excluding steroid dienone is 8. The molecule has 0 radical (unpaired) electrons. The second kappa shape index (κ2) is 13.0. The Morgan fingerprint density at radius 2 is 1.36 bits per heavy atom. The highest BCUT2D eigenvalue weighted by Gasteiger charge is 2.20. The normalized spacial score (nSPS) is 16.9. The summed E-state index contributed by atoms with van der Waals surface area (Å²) in [6, 6.07) is 47.7. The van der Waals surface area contributed by atoms with Gasteiger partial charge in [-0.3, -0.25) is 4.98 Å². The Hall–Kier alpha value is -6.19. The fourth-order valence-corrected chi connectivity index (χ4v) is 7.39. The van der Waals surface area contributed by atoms with E-state index in [4.69, 9.17) is 4.42 Å². The Morgan fingerprint density at radius 3 is 2.16 bits per heavy atom. The van der Waals surface area contributed by atoms with Crippen LogP contribution in [0.25, 0.3) is 38.6 Å². The van der Waals surface area contributed by atoms with Crippen LogP contribution < -0.4 is 4.90 Å². The monoisotopic (exact) mass is 644 g/mol. The number of rotatable bonds is 7. The lowest BCUT2D eigenvalue weighted by Gasteiger charge is -2.26. The minimum Gasteiger partial charge on any atom is -0.454 e. The average molecular weight is 645 g/mol. The van der Waals surface area contributed by atoms with Gasteiger partial charge in [-0.05, 0) is 89.2 Å². The molecule has 5 aromatic carbocycles. The molecule has 2 heterocycles. The highest BCUT2D eigenvalue weighted by molar-refractivity contribution is 6.10. The summed E-state index contributed by atoms with van der Waals surface area (Å²) in [5.41, 5.74) is 12.2. The first-order valence-electron chi connectivity index (χ1n) is 17.4. The molecule has 0 aliphatic heterocycles. The number of hydrogen-bond acceptors (Lipinski definition) is 3. The molecule has 2 unspecified atom stereocenters. The molecule has 0 spiro atoms. The molecular weight excluding hydrogens is 609 g/mol. The van der Waals surface area contributed by atoms with E-state index in [0.717, 1.165) is 57.5 Å². The topological polar surface area (TPSA) is 29.3 Å². The number of hydrogen-bond donors (Lipinski definition) is 0. The third-order valence-electron chi connectivity index (χ3n) is 9.97. The molecule has 0 bridgehead atoms. The zero-order valence-electron chi connectivity index (χ0n) is 27.7. The summed E-state index contributed by atoms with van der Waals surface area (Å²) in [6.45, 7) is 0. The molecule has 0 saturated heterocycles. The molecule has 0 N–H and O–H groups in total. The van der Waals surface area contributed by atoms with Crippen molar-refractivity contribution in [3.63, 3.8) is 0 Å². The summed E-state index contributed by atoms with van der Waals surface area (Å²) in [6.07, 6.45) is 19.5. The third kappa shape index (κ3) is 5.67. The first-order chi connectivity index (χ1) is 24.8. The van der Waals surface area contributed by atoms with Crippen LogP contribution in [0.5, 0.6) is 0 Å². The van der Waals surface area contributed by atoms with Crippen molar-refractivity contribution in [3.8, 4) is 11.1 Å². The molecule has 2 aliphatic carbocycles. The third-order valence-corrected chi connectivity index (χ3v) is 9.97. The zero-order chi connectivity index (χ0) is 33.3. The maximum absolute atomic E-state index is 6.57. The molecule has 50 heavy (non-hydrogen) atoms. The van der Waals surface area contributed by atoms with Crippen LogP contribution in [0.15, 0.2) is 187 Å². The second-order valence-corrected chi connectivity index (χ2v) is 13.1. The highest BCUT2D eigenvalue weighted by Crippen LogP contribution is 2.43. The largest absolute Gasteiger partial charge is 0.454 e. The SMILES string of the molecule is C1=CCC(c2cccc(-c3ccc(N(c4ccc(C5=CC(c6ccccn6)CC=C5)cc4)c4cccc5c4oc4ccccc45)cc3)c2)C=C1. The fourth-order valence-electron chi connectivity index (χ4n) is 7.39. The Kier molecular flexibility index (Phi) is 7.79. The van der Waals surface area contributed by atoms with Crippen LogP contribution in [0.2, 0.25) is 0 Å². The number of benzene rings is 5.